The summed E-state index contributed by atoms with van der Waals surface area (Å²) in [5.41, 5.74) is 0.245. The summed E-state index contributed by atoms with van der Waals surface area (Å²) in [7, 11) is 0. The summed E-state index contributed by atoms with van der Waals surface area (Å²) in [4.78, 5) is 20.9. The van der Waals surface area contributed by atoms with Crippen molar-refractivity contribution in [3.05, 3.63) is 57.2 Å². The van der Waals surface area contributed by atoms with Gasteiger partial charge in [-0.1, -0.05) is 12.1 Å². The third-order valence-electron chi connectivity index (χ3n) is 2.49. The Balaban J connectivity index is 2.42. The molecular weight excluding hydrogens is 282 g/mol. The SMILES string of the molecule is O=C(O)/C(S)=C/c1ccc(-c2ccccc2[N+](=O)[O-])o1. The lowest BCUT2D eigenvalue weighted by molar-refractivity contribution is -0.384. The van der Waals surface area contributed by atoms with E-state index in [1.54, 1.807) is 18.2 Å². The van der Waals surface area contributed by atoms with Gasteiger partial charge in [0.25, 0.3) is 5.69 Å². The Hall–Kier alpha value is -2.54. The molecule has 0 aliphatic carbocycles. The minimum absolute atomic E-state index is 0.0817. The van der Waals surface area contributed by atoms with E-state index in [0.29, 0.717) is 5.56 Å². The zero-order valence-electron chi connectivity index (χ0n) is 10.0. The van der Waals surface area contributed by atoms with E-state index in [9.17, 15) is 14.9 Å². The van der Waals surface area contributed by atoms with Crippen LogP contribution in [-0.4, -0.2) is 16.0 Å². The number of furan rings is 1. The maximum atomic E-state index is 10.9. The van der Waals surface area contributed by atoms with Gasteiger partial charge in [-0.3, -0.25) is 10.1 Å². The normalized spacial score (nSPS) is 11.3. The van der Waals surface area contributed by atoms with Gasteiger partial charge in [0.05, 0.1) is 15.4 Å². The highest BCUT2D eigenvalue weighted by Crippen LogP contribution is 2.31. The Morgan fingerprint density at radius 3 is 2.65 bits per heavy atom. The molecule has 102 valence electrons. The van der Waals surface area contributed by atoms with Crippen LogP contribution < -0.4 is 0 Å². The van der Waals surface area contributed by atoms with E-state index in [1.807, 2.05) is 0 Å². The van der Waals surface area contributed by atoms with Gasteiger partial charge in [0.2, 0.25) is 0 Å². The van der Waals surface area contributed by atoms with Crippen LogP contribution in [0, 0.1) is 10.1 Å². The first-order valence-electron chi connectivity index (χ1n) is 5.46. The number of para-hydroxylation sites is 1. The summed E-state index contributed by atoms with van der Waals surface area (Å²) in [6.45, 7) is 0. The first-order chi connectivity index (χ1) is 9.49. The molecule has 0 radical (unpaired) electrons. The van der Waals surface area contributed by atoms with Crippen molar-refractivity contribution in [1.82, 2.24) is 0 Å². The second kappa shape index (κ2) is 5.62. The molecule has 0 aliphatic rings. The van der Waals surface area contributed by atoms with Crippen LogP contribution in [0.1, 0.15) is 5.76 Å². The lowest BCUT2D eigenvalue weighted by Gasteiger charge is -1.98. The fraction of sp³-hybridized carbons (Fsp3) is 0. The van der Waals surface area contributed by atoms with Crippen LogP contribution in [0.4, 0.5) is 5.69 Å². The topological polar surface area (TPSA) is 93.6 Å². The number of nitrogens with zero attached hydrogens (tertiary/aromatic N) is 1. The highest BCUT2D eigenvalue weighted by molar-refractivity contribution is 7.85. The highest BCUT2D eigenvalue weighted by Gasteiger charge is 2.17. The predicted octanol–water partition coefficient (Wildman–Crippen LogP) is 3.21. The molecule has 1 N–H and O–H groups in total. The molecule has 0 spiro atoms. The molecule has 7 heteroatoms. The number of nitro groups is 1. The van der Waals surface area contributed by atoms with E-state index in [-0.39, 0.29) is 22.1 Å². The average molecular weight is 291 g/mol. The Bertz CT molecular complexity index is 704. The molecule has 2 rings (SSSR count). The first-order valence-corrected chi connectivity index (χ1v) is 5.91. The van der Waals surface area contributed by atoms with Crippen LogP contribution in [-0.2, 0) is 4.79 Å². The van der Waals surface area contributed by atoms with E-state index in [1.165, 1.54) is 24.3 Å². The number of aliphatic carboxylic acids is 1. The first kappa shape index (κ1) is 13.9. The van der Waals surface area contributed by atoms with Crippen LogP contribution in [0.2, 0.25) is 0 Å². The van der Waals surface area contributed by atoms with Gasteiger partial charge in [-0.15, -0.1) is 12.6 Å². The molecule has 1 aromatic heterocycles. The largest absolute Gasteiger partial charge is 0.477 e. The maximum absolute atomic E-state index is 10.9. The third kappa shape index (κ3) is 2.89. The third-order valence-corrected chi connectivity index (χ3v) is 2.81. The van der Waals surface area contributed by atoms with Crippen molar-refractivity contribution < 1.29 is 19.2 Å². The molecule has 6 nitrogen and oxygen atoms in total. The van der Waals surface area contributed by atoms with Crippen LogP contribution >= 0.6 is 12.6 Å². The van der Waals surface area contributed by atoms with Gasteiger partial charge in [-0.05, 0) is 18.2 Å². The second-order valence-corrected chi connectivity index (χ2v) is 4.29. The summed E-state index contributed by atoms with van der Waals surface area (Å²) < 4.78 is 5.39. The number of benzene rings is 1. The lowest BCUT2D eigenvalue weighted by Crippen LogP contribution is -1.92. The van der Waals surface area contributed by atoms with E-state index in [0.717, 1.165) is 0 Å². The standard InChI is InChI=1S/C13H9NO5S/c15-13(16)12(20)7-8-5-6-11(19-8)9-3-1-2-4-10(9)14(17)18/h1-7,20H,(H,15,16)/b12-7-. The summed E-state index contributed by atoms with van der Waals surface area (Å²) >= 11 is 3.78. The highest BCUT2D eigenvalue weighted by atomic mass is 32.1. The molecule has 1 heterocycles. The molecule has 0 aliphatic heterocycles. The number of thiol groups is 1. The minimum atomic E-state index is -1.18. The number of carbonyl (C=O) groups is 1. The zero-order valence-corrected chi connectivity index (χ0v) is 10.9. The summed E-state index contributed by atoms with van der Waals surface area (Å²) in [5, 5.41) is 19.6. The molecule has 0 saturated heterocycles. The summed E-state index contributed by atoms with van der Waals surface area (Å²) in [5.74, 6) is -0.641. The molecule has 0 unspecified atom stereocenters. The van der Waals surface area contributed by atoms with Crippen molar-refractivity contribution in [2.24, 2.45) is 0 Å². The van der Waals surface area contributed by atoms with Gasteiger partial charge in [-0.25, -0.2) is 4.79 Å². The predicted molar refractivity (Wildman–Crippen MR) is 75.4 cm³/mol. The van der Waals surface area contributed by atoms with Crippen molar-refractivity contribution in [2.75, 3.05) is 0 Å². The number of rotatable bonds is 4. The summed E-state index contributed by atoms with van der Waals surface area (Å²) in [6.07, 6.45) is 1.23. The van der Waals surface area contributed by atoms with Crippen molar-refractivity contribution in [3.8, 4) is 11.3 Å². The van der Waals surface area contributed by atoms with Crippen molar-refractivity contribution >= 4 is 30.4 Å². The van der Waals surface area contributed by atoms with Gasteiger partial charge < -0.3 is 9.52 Å². The smallest absolute Gasteiger partial charge is 0.342 e. The Labute approximate surface area is 118 Å². The van der Waals surface area contributed by atoms with E-state index in [4.69, 9.17) is 9.52 Å². The van der Waals surface area contributed by atoms with Crippen molar-refractivity contribution in [3.63, 3.8) is 0 Å². The van der Waals surface area contributed by atoms with Gasteiger partial charge in [0, 0.05) is 12.1 Å². The number of carboxylic acids is 1. The fourth-order valence-corrected chi connectivity index (χ4v) is 1.74. The number of hydrogen-bond acceptors (Lipinski definition) is 5. The van der Waals surface area contributed by atoms with Crippen LogP contribution in [0.3, 0.4) is 0 Å². The van der Waals surface area contributed by atoms with E-state index >= 15 is 0 Å². The monoisotopic (exact) mass is 291 g/mol. The quantitative estimate of drug-likeness (QED) is 0.390. The number of hydrogen-bond donors (Lipinski definition) is 2. The zero-order chi connectivity index (χ0) is 14.7. The molecule has 0 fully saturated rings. The van der Waals surface area contributed by atoms with Gasteiger partial charge in [0.1, 0.15) is 11.5 Å². The Morgan fingerprint density at radius 2 is 2.00 bits per heavy atom. The Kier molecular flexibility index (Phi) is 3.90. The minimum Gasteiger partial charge on any atom is -0.477 e. The van der Waals surface area contributed by atoms with E-state index < -0.39 is 10.9 Å². The maximum Gasteiger partial charge on any atom is 0.342 e. The van der Waals surface area contributed by atoms with Gasteiger partial charge in [-0.2, -0.15) is 0 Å². The van der Waals surface area contributed by atoms with Gasteiger partial charge >= 0.3 is 5.97 Å². The molecule has 2 aromatic rings. The molecule has 1 aromatic carbocycles. The molecule has 0 atom stereocenters. The number of nitro benzene ring substituents is 1. The molecule has 20 heavy (non-hydrogen) atoms. The van der Waals surface area contributed by atoms with Crippen LogP contribution in [0.15, 0.2) is 45.7 Å². The molecular formula is C13H9NO5S. The molecule has 0 saturated carbocycles. The Morgan fingerprint density at radius 1 is 1.30 bits per heavy atom. The average Bonchev–Trinajstić information content (AvgIpc) is 2.87. The van der Waals surface area contributed by atoms with Gasteiger partial charge in [0.15, 0.2) is 0 Å². The number of carboxylic acid groups (broad SMARTS) is 1. The molecule has 0 amide bonds. The second-order valence-electron chi connectivity index (χ2n) is 3.81. The lowest BCUT2D eigenvalue weighted by atomic mass is 10.1. The fourth-order valence-electron chi connectivity index (χ4n) is 1.61. The van der Waals surface area contributed by atoms with Crippen molar-refractivity contribution in [2.45, 2.75) is 0 Å². The molecule has 0 bridgehead atoms. The van der Waals surface area contributed by atoms with Crippen LogP contribution in [0.25, 0.3) is 17.4 Å². The summed E-state index contributed by atoms with van der Waals surface area (Å²) in [6, 6.07) is 9.20. The van der Waals surface area contributed by atoms with Crippen LogP contribution in [0.5, 0.6) is 0 Å². The van der Waals surface area contributed by atoms with Crippen molar-refractivity contribution in [1.29, 1.82) is 0 Å². The van der Waals surface area contributed by atoms with E-state index in [2.05, 4.69) is 12.6 Å².